The van der Waals surface area contributed by atoms with Gasteiger partial charge in [0.2, 0.25) is 0 Å². The van der Waals surface area contributed by atoms with E-state index in [9.17, 15) is 0 Å². The summed E-state index contributed by atoms with van der Waals surface area (Å²) >= 11 is 5.83. The first-order chi connectivity index (χ1) is 7.83. The normalized spacial score (nSPS) is 24.4. The van der Waals surface area contributed by atoms with Gasteiger partial charge in [0, 0.05) is 12.5 Å². The third kappa shape index (κ3) is 6.66. The van der Waals surface area contributed by atoms with Crippen LogP contribution in [0.1, 0.15) is 12.8 Å². The van der Waals surface area contributed by atoms with Crippen LogP contribution in [-0.2, 0) is 18.9 Å². The van der Waals surface area contributed by atoms with E-state index < -0.39 is 0 Å². The number of ether oxygens (including phenoxy) is 4. The molecule has 0 aromatic rings. The Labute approximate surface area is 102 Å². The summed E-state index contributed by atoms with van der Waals surface area (Å²) in [6.07, 6.45) is 2.30. The zero-order valence-corrected chi connectivity index (χ0v) is 10.6. The molecule has 16 heavy (non-hydrogen) atoms. The summed E-state index contributed by atoms with van der Waals surface area (Å²) in [7, 11) is 1.66. The van der Waals surface area contributed by atoms with Crippen molar-refractivity contribution in [3.05, 3.63) is 0 Å². The quantitative estimate of drug-likeness (QED) is 0.436. The fourth-order valence-electron chi connectivity index (χ4n) is 1.38. The van der Waals surface area contributed by atoms with Gasteiger partial charge >= 0.3 is 0 Å². The van der Waals surface area contributed by atoms with Crippen molar-refractivity contribution in [3.63, 3.8) is 0 Å². The Morgan fingerprint density at radius 3 is 2.06 bits per heavy atom. The maximum Gasteiger partial charge on any atom is 0.0704 e. The van der Waals surface area contributed by atoms with Crippen LogP contribution in [0.15, 0.2) is 0 Å². The molecule has 0 N–H and O–H groups in total. The molecule has 0 spiro atoms. The van der Waals surface area contributed by atoms with Crippen LogP contribution >= 0.6 is 11.6 Å². The largest absolute Gasteiger partial charge is 0.382 e. The van der Waals surface area contributed by atoms with Crippen LogP contribution in [0.5, 0.6) is 0 Å². The van der Waals surface area contributed by atoms with Crippen LogP contribution in [-0.4, -0.2) is 58.2 Å². The molecule has 1 saturated carbocycles. The molecule has 1 aliphatic rings. The van der Waals surface area contributed by atoms with Crippen molar-refractivity contribution in [1.82, 2.24) is 0 Å². The average molecular weight is 253 g/mol. The third-order valence-corrected chi connectivity index (χ3v) is 2.78. The Balaban J connectivity index is 1.68. The molecule has 1 rings (SSSR count). The first-order valence-corrected chi connectivity index (χ1v) is 6.16. The third-order valence-electron chi connectivity index (χ3n) is 2.42. The number of methoxy groups -OCH3 is 1. The molecule has 4 nitrogen and oxygen atoms in total. The second kappa shape index (κ2) is 9.19. The lowest BCUT2D eigenvalue weighted by Crippen LogP contribution is -2.32. The van der Waals surface area contributed by atoms with E-state index in [1.54, 1.807) is 7.11 Å². The molecule has 96 valence electrons. The van der Waals surface area contributed by atoms with Crippen LogP contribution in [0.2, 0.25) is 0 Å². The van der Waals surface area contributed by atoms with Gasteiger partial charge in [-0.15, -0.1) is 11.6 Å². The Kier molecular flexibility index (Phi) is 8.15. The van der Waals surface area contributed by atoms with Crippen molar-refractivity contribution < 1.29 is 18.9 Å². The molecule has 0 amide bonds. The van der Waals surface area contributed by atoms with E-state index in [2.05, 4.69) is 0 Å². The minimum Gasteiger partial charge on any atom is -0.382 e. The summed E-state index contributed by atoms with van der Waals surface area (Å²) in [5, 5.41) is 0.320. The van der Waals surface area contributed by atoms with E-state index >= 15 is 0 Å². The Bertz CT molecular complexity index is 162. The Hall–Kier alpha value is 0.130. The molecule has 5 heteroatoms. The second-order valence-corrected chi connectivity index (χ2v) is 4.40. The smallest absolute Gasteiger partial charge is 0.0704 e. The van der Waals surface area contributed by atoms with Crippen LogP contribution in [0.25, 0.3) is 0 Å². The molecule has 0 atom stereocenters. The van der Waals surface area contributed by atoms with E-state index in [4.69, 9.17) is 30.5 Å². The van der Waals surface area contributed by atoms with Crippen molar-refractivity contribution >= 4 is 11.6 Å². The zero-order valence-electron chi connectivity index (χ0n) is 9.82. The number of rotatable bonds is 10. The second-order valence-electron chi connectivity index (χ2n) is 3.78. The van der Waals surface area contributed by atoms with Gasteiger partial charge in [0.15, 0.2) is 0 Å². The van der Waals surface area contributed by atoms with Gasteiger partial charge in [-0.1, -0.05) is 0 Å². The van der Waals surface area contributed by atoms with Gasteiger partial charge in [0.05, 0.1) is 45.7 Å². The Morgan fingerprint density at radius 2 is 1.50 bits per heavy atom. The highest BCUT2D eigenvalue weighted by atomic mass is 35.5. The highest BCUT2D eigenvalue weighted by molar-refractivity contribution is 6.21. The summed E-state index contributed by atoms with van der Waals surface area (Å²) in [6.45, 7) is 3.73. The SMILES string of the molecule is COCCOCCOCCOC1CC(Cl)C1. The van der Waals surface area contributed by atoms with Crippen molar-refractivity contribution in [2.24, 2.45) is 0 Å². The summed E-state index contributed by atoms with van der Waals surface area (Å²) in [5.41, 5.74) is 0. The van der Waals surface area contributed by atoms with Gasteiger partial charge in [-0.05, 0) is 12.8 Å². The predicted molar refractivity (Wildman–Crippen MR) is 62.1 cm³/mol. The van der Waals surface area contributed by atoms with Gasteiger partial charge in [-0.25, -0.2) is 0 Å². The number of hydrogen-bond acceptors (Lipinski definition) is 4. The summed E-state index contributed by atoms with van der Waals surface area (Å²) < 4.78 is 20.9. The number of halogens is 1. The van der Waals surface area contributed by atoms with E-state index in [0.29, 0.717) is 51.1 Å². The maximum atomic E-state index is 5.83. The zero-order chi connectivity index (χ0) is 11.6. The highest BCUT2D eigenvalue weighted by Gasteiger charge is 2.27. The number of alkyl halides is 1. The van der Waals surface area contributed by atoms with E-state index in [0.717, 1.165) is 12.8 Å². The summed E-state index contributed by atoms with van der Waals surface area (Å²) in [5.74, 6) is 0. The topological polar surface area (TPSA) is 36.9 Å². The molecule has 0 heterocycles. The van der Waals surface area contributed by atoms with E-state index in [1.807, 2.05) is 0 Å². The minimum absolute atomic E-state index is 0.320. The van der Waals surface area contributed by atoms with Gasteiger partial charge in [0.25, 0.3) is 0 Å². The molecule has 0 unspecified atom stereocenters. The first kappa shape index (κ1) is 14.2. The van der Waals surface area contributed by atoms with Crippen molar-refractivity contribution in [3.8, 4) is 0 Å². The van der Waals surface area contributed by atoms with Gasteiger partial charge in [0.1, 0.15) is 0 Å². The molecule has 0 radical (unpaired) electrons. The minimum atomic E-state index is 0.320. The highest BCUT2D eigenvalue weighted by Crippen LogP contribution is 2.27. The molecule has 0 aromatic heterocycles. The van der Waals surface area contributed by atoms with Gasteiger partial charge in [-0.3, -0.25) is 0 Å². The van der Waals surface area contributed by atoms with Gasteiger partial charge in [-0.2, -0.15) is 0 Å². The summed E-state index contributed by atoms with van der Waals surface area (Å²) in [4.78, 5) is 0. The molecular weight excluding hydrogens is 232 g/mol. The monoisotopic (exact) mass is 252 g/mol. The molecule has 0 aromatic carbocycles. The predicted octanol–water partition coefficient (Wildman–Crippen LogP) is 1.45. The molecule has 1 aliphatic carbocycles. The molecule has 1 fully saturated rings. The standard InChI is InChI=1S/C11H21ClO4/c1-13-2-3-14-4-5-15-6-7-16-11-8-10(12)9-11/h10-11H,2-9H2,1H3. The van der Waals surface area contributed by atoms with Crippen molar-refractivity contribution in [2.45, 2.75) is 24.3 Å². The van der Waals surface area contributed by atoms with E-state index in [1.165, 1.54) is 0 Å². The fraction of sp³-hybridized carbons (Fsp3) is 1.00. The summed E-state index contributed by atoms with van der Waals surface area (Å²) in [6, 6.07) is 0. The van der Waals surface area contributed by atoms with Crippen molar-refractivity contribution in [1.29, 1.82) is 0 Å². The number of hydrogen-bond donors (Lipinski definition) is 0. The molecule has 0 aliphatic heterocycles. The average Bonchev–Trinajstić information content (AvgIpc) is 2.24. The van der Waals surface area contributed by atoms with Crippen LogP contribution in [0.3, 0.4) is 0 Å². The lowest BCUT2D eigenvalue weighted by Gasteiger charge is -2.30. The van der Waals surface area contributed by atoms with Crippen LogP contribution in [0.4, 0.5) is 0 Å². The lowest BCUT2D eigenvalue weighted by molar-refractivity contribution is -0.0374. The van der Waals surface area contributed by atoms with Crippen LogP contribution in [0, 0.1) is 0 Å². The first-order valence-electron chi connectivity index (χ1n) is 5.73. The molecule has 0 bridgehead atoms. The lowest BCUT2D eigenvalue weighted by atomic mass is 9.95. The van der Waals surface area contributed by atoms with E-state index in [-0.39, 0.29) is 0 Å². The van der Waals surface area contributed by atoms with Crippen LogP contribution < -0.4 is 0 Å². The van der Waals surface area contributed by atoms with Gasteiger partial charge < -0.3 is 18.9 Å². The fourth-order valence-corrected chi connectivity index (χ4v) is 1.77. The van der Waals surface area contributed by atoms with Crippen molar-refractivity contribution in [2.75, 3.05) is 46.8 Å². The molecule has 0 saturated heterocycles. The Morgan fingerprint density at radius 1 is 0.938 bits per heavy atom. The maximum absolute atomic E-state index is 5.83. The molecular formula is C11H21ClO4.